The molecule has 0 aliphatic heterocycles. The first-order valence-corrected chi connectivity index (χ1v) is 8.33. The Labute approximate surface area is 159 Å². The second kappa shape index (κ2) is 8.12. The zero-order valence-electron chi connectivity index (χ0n) is 13.3. The molecular weight excluding hydrogens is 378 g/mol. The monoisotopic (exact) mass is 390 g/mol. The highest BCUT2D eigenvalue weighted by Crippen LogP contribution is 2.24. The standard InChI is InChI=1S/C18H13Cl2FN4O/c19-12-5-13(20)7-14(6-12)25-17-10-22-16(9-23-17)18(26)24-8-11-3-1-2-4-15(11)21/h1-7,9-10H,8H2,(H,23,25)(H,24,26). The topological polar surface area (TPSA) is 66.9 Å². The highest BCUT2D eigenvalue weighted by Gasteiger charge is 2.09. The molecule has 132 valence electrons. The molecule has 0 radical (unpaired) electrons. The molecule has 0 spiro atoms. The Balaban J connectivity index is 1.63. The summed E-state index contributed by atoms with van der Waals surface area (Å²) in [6.07, 6.45) is 2.73. The lowest BCUT2D eigenvalue weighted by Gasteiger charge is -2.08. The van der Waals surface area contributed by atoms with Crippen LogP contribution in [-0.4, -0.2) is 15.9 Å². The van der Waals surface area contributed by atoms with Crippen LogP contribution in [0, 0.1) is 5.82 Å². The van der Waals surface area contributed by atoms with Crippen LogP contribution in [0.1, 0.15) is 16.1 Å². The molecule has 0 aliphatic rings. The van der Waals surface area contributed by atoms with Crippen LogP contribution < -0.4 is 10.6 Å². The fourth-order valence-corrected chi connectivity index (χ4v) is 2.72. The van der Waals surface area contributed by atoms with E-state index in [0.717, 1.165) is 0 Å². The van der Waals surface area contributed by atoms with Gasteiger partial charge in [-0.1, -0.05) is 41.4 Å². The highest BCUT2D eigenvalue weighted by atomic mass is 35.5. The average molecular weight is 391 g/mol. The summed E-state index contributed by atoms with van der Waals surface area (Å²) in [5.74, 6) is -0.397. The smallest absolute Gasteiger partial charge is 0.271 e. The van der Waals surface area contributed by atoms with E-state index in [1.54, 1.807) is 36.4 Å². The number of benzene rings is 2. The molecule has 1 heterocycles. The van der Waals surface area contributed by atoms with Gasteiger partial charge in [-0.15, -0.1) is 0 Å². The summed E-state index contributed by atoms with van der Waals surface area (Å²) in [5.41, 5.74) is 1.16. The molecule has 2 aromatic carbocycles. The molecule has 0 fully saturated rings. The highest BCUT2D eigenvalue weighted by molar-refractivity contribution is 6.35. The number of anilines is 2. The van der Waals surface area contributed by atoms with E-state index in [1.807, 2.05) is 0 Å². The largest absolute Gasteiger partial charge is 0.346 e. The van der Waals surface area contributed by atoms with Gasteiger partial charge in [0.2, 0.25) is 0 Å². The van der Waals surface area contributed by atoms with Crippen LogP contribution in [0.3, 0.4) is 0 Å². The van der Waals surface area contributed by atoms with Gasteiger partial charge in [0.25, 0.3) is 5.91 Å². The van der Waals surface area contributed by atoms with Crippen LogP contribution in [0.25, 0.3) is 0 Å². The SMILES string of the molecule is O=C(NCc1ccccc1F)c1cnc(Nc2cc(Cl)cc(Cl)c2)cn1. The van der Waals surface area contributed by atoms with Crippen molar-refractivity contribution in [1.82, 2.24) is 15.3 Å². The van der Waals surface area contributed by atoms with Crippen molar-refractivity contribution in [1.29, 1.82) is 0 Å². The van der Waals surface area contributed by atoms with E-state index in [1.165, 1.54) is 18.5 Å². The Bertz CT molecular complexity index is 914. The van der Waals surface area contributed by atoms with Crippen molar-refractivity contribution >= 4 is 40.6 Å². The fraction of sp³-hybridized carbons (Fsp3) is 0.0556. The Hall–Kier alpha value is -2.70. The number of nitrogens with zero attached hydrogens (tertiary/aromatic N) is 2. The third kappa shape index (κ3) is 4.68. The minimum atomic E-state index is -0.446. The number of nitrogens with one attached hydrogen (secondary N) is 2. The predicted octanol–water partition coefficient (Wildman–Crippen LogP) is 4.60. The lowest BCUT2D eigenvalue weighted by Crippen LogP contribution is -2.24. The van der Waals surface area contributed by atoms with Crippen LogP contribution in [-0.2, 0) is 6.54 Å². The van der Waals surface area contributed by atoms with E-state index in [4.69, 9.17) is 23.2 Å². The molecule has 0 saturated heterocycles. The summed E-state index contributed by atoms with van der Waals surface area (Å²) in [7, 11) is 0. The number of carbonyl (C=O) groups is 1. The quantitative estimate of drug-likeness (QED) is 0.668. The maximum absolute atomic E-state index is 13.6. The number of halogens is 3. The van der Waals surface area contributed by atoms with Gasteiger partial charge in [-0.2, -0.15) is 0 Å². The molecular formula is C18H13Cl2FN4O. The zero-order chi connectivity index (χ0) is 18.5. The first kappa shape index (κ1) is 18.1. The second-order valence-corrected chi connectivity index (χ2v) is 6.22. The van der Waals surface area contributed by atoms with E-state index >= 15 is 0 Å². The lowest BCUT2D eigenvalue weighted by atomic mass is 10.2. The summed E-state index contributed by atoms with van der Waals surface area (Å²) in [5, 5.41) is 6.56. The van der Waals surface area contributed by atoms with E-state index in [0.29, 0.717) is 27.1 Å². The van der Waals surface area contributed by atoms with E-state index in [9.17, 15) is 9.18 Å². The Morgan fingerprint density at radius 2 is 1.77 bits per heavy atom. The van der Waals surface area contributed by atoms with Crippen molar-refractivity contribution in [2.24, 2.45) is 0 Å². The van der Waals surface area contributed by atoms with Gasteiger partial charge in [-0.05, 0) is 24.3 Å². The minimum Gasteiger partial charge on any atom is -0.346 e. The van der Waals surface area contributed by atoms with E-state index < -0.39 is 5.91 Å². The molecule has 1 aromatic heterocycles. The van der Waals surface area contributed by atoms with Gasteiger partial charge in [0.05, 0.1) is 12.4 Å². The minimum absolute atomic E-state index is 0.0637. The van der Waals surface area contributed by atoms with Gasteiger partial charge >= 0.3 is 0 Å². The second-order valence-electron chi connectivity index (χ2n) is 5.34. The lowest BCUT2D eigenvalue weighted by molar-refractivity contribution is 0.0945. The van der Waals surface area contributed by atoms with E-state index in [-0.39, 0.29) is 18.1 Å². The molecule has 2 N–H and O–H groups in total. The van der Waals surface area contributed by atoms with Crippen LogP contribution in [0.4, 0.5) is 15.9 Å². The summed E-state index contributed by atoms with van der Waals surface area (Å²) < 4.78 is 13.6. The molecule has 26 heavy (non-hydrogen) atoms. The average Bonchev–Trinajstić information content (AvgIpc) is 2.60. The molecule has 8 heteroatoms. The Kier molecular flexibility index (Phi) is 5.65. The summed E-state index contributed by atoms with van der Waals surface area (Å²) in [6.45, 7) is 0.0637. The van der Waals surface area contributed by atoms with Gasteiger partial charge < -0.3 is 10.6 Å². The van der Waals surface area contributed by atoms with Gasteiger partial charge in [0.15, 0.2) is 0 Å². The number of hydrogen-bond acceptors (Lipinski definition) is 4. The van der Waals surface area contributed by atoms with Crippen molar-refractivity contribution in [3.63, 3.8) is 0 Å². The number of hydrogen-bond donors (Lipinski definition) is 2. The predicted molar refractivity (Wildman–Crippen MR) is 99.3 cm³/mol. The number of carbonyl (C=O) groups excluding carboxylic acids is 1. The molecule has 0 atom stereocenters. The maximum atomic E-state index is 13.6. The number of aromatic nitrogens is 2. The van der Waals surface area contributed by atoms with Gasteiger partial charge in [0, 0.05) is 27.8 Å². The molecule has 0 saturated carbocycles. The van der Waals surface area contributed by atoms with Crippen molar-refractivity contribution < 1.29 is 9.18 Å². The normalized spacial score (nSPS) is 10.4. The molecule has 0 aliphatic carbocycles. The van der Waals surface area contributed by atoms with Crippen LogP contribution >= 0.6 is 23.2 Å². The third-order valence-electron chi connectivity index (χ3n) is 3.42. The van der Waals surface area contributed by atoms with Crippen molar-refractivity contribution in [3.05, 3.63) is 82.0 Å². The Morgan fingerprint density at radius 3 is 2.42 bits per heavy atom. The zero-order valence-corrected chi connectivity index (χ0v) is 14.9. The van der Waals surface area contributed by atoms with Crippen molar-refractivity contribution in [3.8, 4) is 0 Å². The first-order valence-electron chi connectivity index (χ1n) is 7.58. The van der Waals surface area contributed by atoms with Gasteiger partial charge in [-0.3, -0.25) is 4.79 Å². The third-order valence-corrected chi connectivity index (χ3v) is 3.85. The first-order chi connectivity index (χ1) is 12.5. The summed E-state index contributed by atoms with van der Waals surface area (Å²) in [6, 6.07) is 11.2. The summed E-state index contributed by atoms with van der Waals surface area (Å²) >= 11 is 11.9. The van der Waals surface area contributed by atoms with Crippen LogP contribution in [0.5, 0.6) is 0 Å². The fourth-order valence-electron chi connectivity index (χ4n) is 2.19. The van der Waals surface area contributed by atoms with E-state index in [2.05, 4.69) is 20.6 Å². The molecule has 0 unspecified atom stereocenters. The maximum Gasteiger partial charge on any atom is 0.271 e. The molecule has 1 amide bonds. The molecule has 0 bridgehead atoms. The molecule has 3 aromatic rings. The Morgan fingerprint density at radius 1 is 1.04 bits per heavy atom. The van der Waals surface area contributed by atoms with Crippen LogP contribution in [0.2, 0.25) is 10.0 Å². The van der Waals surface area contributed by atoms with Gasteiger partial charge in [0.1, 0.15) is 17.3 Å². The number of rotatable bonds is 5. The van der Waals surface area contributed by atoms with Crippen molar-refractivity contribution in [2.75, 3.05) is 5.32 Å². The summed E-state index contributed by atoms with van der Waals surface area (Å²) in [4.78, 5) is 20.3. The van der Waals surface area contributed by atoms with Crippen molar-refractivity contribution in [2.45, 2.75) is 6.54 Å². The van der Waals surface area contributed by atoms with Crippen LogP contribution in [0.15, 0.2) is 54.9 Å². The molecule has 5 nitrogen and oxygen atoms in total. The molecule has 3 rings (SSSR count). The van der Waals surface area contributed by atoms with Gasteiger partial charge in [-0.25, -0.2) is 14.4 Å². The number of amides is 1.